The SMILES string of the molecule is COC(=O)CN(CC(c1ccccc1Cl)c1cc(Cl)ccc1[N+](=O)[O-])C(=O)C(F)(F)F. The third kappa shape index (κ3) is 6.08. The Kier molecular flexibility index (Phi) is 7.85. The normalized spacial score (nSPS) is 12.2. The standard InChI is InChI=1S/C19H15Cl2F3N2O5/c1-31-17(27)10-25(18(28)19(22,23)24)9-14(12-4-2-3-5-15(12)21)13-8-11(20)6-7-16(13)26(29)30/h2-8,14H,9-10H2,1H3. The van der Waals surface area contributed by atoms with Crippen LogP contribution in [0.1, 0.15) is 17.0 Å². The molecule has 0 saturated heterocycles. The first-order chi connectivity index (χ1) is 14.5. The van der Waals surface area contributed by atoms with Crippen LogP contribution in [-0.2, 0) is 14.3 Å². The molecule has 0 bridgehead atoms. The van der Waals surface area contributed by atoms with Crippen molar-refractivity contribution in [3.63, 3.8) is 0 Å². The summed E-state index contributed by atoms with van der Waals surface area (Å²) in [6.45, 7) is -1.78. The molecule has 1 unspecified atom stereocenters. The lowest BCUT2D eigenvalue weighted by Gasteiger charge is -2.28. The van der Waals surface area contributed by atoms with Crippen molar-refractivity contribution in [2.24, 2.45) is 0 Å². The highest BCUT2D eigenvalue weighted by Gasteiger charge is 2.44. The van der Waals surface area contributed by atoms with Crippen LogP contribution in [0, 0.1) is 10.1 Å². The van der Waals surface area contributed by atoms with Crippen LogP contribution in [0.5, 0.6) is 0 Å². The highest BCUT2D eigenvalue weighted by molar-refractivity contribution is 6.31. The van der Waals surface area contributed by atoms with Crippen LogP contribution in [0.4, 0.5) is 18.9 Å². The maximum atomic E-state index is 13.2. The van der Waals surface area contributed by atoms with Crippen LogP contribution in [0.25, 0.3) is 0 Å². The average Bonchev–Trinajstić information content (AvgIpc) is 2.70. The molecule has 0 aromatic heterocycles. The highest BCUT2D eigenvalue weighted by Crippen LogP contribution is 2.38. The lowest BCUT2D eigenvalue weighted by molar-refractivity contribution is -0.385. The molecule has 166 valence electrons. The summed E-state index contributed by atoms with van der Waals surface area (Å²) in [4.78, 5) is 34.7. The molecule has 2 aromatic carbocycles. The minimum Gasteiger partial charge on any atom is -0.468 e. The molecule has 12 heteroatoms. The first-order valence-corrected chi connectivity index (χ1v) is 9.32. The lowest BCUT2D eigenvalue weighted by Crippen LogP contribution is -2.46. The largest absolute Gasteiger partial charge is 0.471 e. The zero-order valence-corrected chi connectivity index (χ0v) is 17.4. The minimum absolute atomic E-state index is 0.0737. The summed E-state index contributed by atoms with van der Waals surface area (Å²) in [6, 6.07) is 9.53. The average molecular weight is 479 g/mol. The van der Waals surface area contributed by atoms with Crippen molar-refractivity contribution in [3.05, 3.63) is 73.8 Å². The van der Waals surface area contributed by atoms with E-state index in [0.29, 0.717) is 0 Å². The van der Waals surface area contributed by atoms with Gasteiger partial charge >= 0.3 is 18.1 Å². The number of nitrogens with zero attached hydrogens (tertiary/aromatic N) is 2. The van der Waals surface area contributed by atoms with Gasteiger partial charge in [0.15, 0.2) is 0 Å². The second-order valence-corrected chi connectivity index (χ2v) is 7.14. The number of carbonyl (C=O) groups excluding carboxylic acids is 2. The van der Waals surface area contributed by atoms with Crippen molar-refractivity contribution in [2.45, 2.75) is 12.1 Å². The van der Waals surface area contributed by atoms with E-state index < -0.39 is 47.7 Å². The zero-order valence-electron chi connectivity index (χ0n) is 15.9. The molecule has 2 aromatic rings. The zero-order chi connectivity index (χ0) is 23.3. The van der Waals surface area contributed by atoms with Crippen LogP contribution in [0.15, 0.2) is 42.5 Å². The summed E-state index contributed by atoms with van der Waals surface area (Å²) in [5.41, 5.74) is -0.304. The molecule has 1 atom stereocenters. The van der Waals surface area contributed by atoms with E-state index in [2.05, 4.69) is 4.74 Å². The molecular formula is C19H15Cl2F3N2O5. The summed E-state index contributed by atoms with van der Waals surface area (Å²) in [5.74, 6) is -4.61. The summed E-state index contributed by atoms with van der Waals surface area (Å²) >= 11 is 12.2. The molecule has 0 aliphatic heterocycles. The van der Waals surface area contributed by atoms with Gasteiger partial charge in [-0.25, -0.2) is 0 Å². The number of carbonyl (C=O) groups is 2. The Balaban J connectivity index is 2.67. The molecule has 0 aliphatic carbocycles. The van der Waals surface area contributed by atoms with Gasteiger partial charge in [0.25, 0.3) is 5.69 Å². The number of hydrogen-bond donors (Lipinski definition) is 0. The Bertz CT molecular complexity index is 1000. The number of rotatable bonds is 7. The molecule has 0 radical (unpaired) electrons. The summed E-state index contributed by atoms with van der Waals surface area (Å²) in [7, 11) is 0.950. The molecule has 7 nitrogen and oxygen atoms in total. The van der Waals surface area contributed by atoms with Crippen molar-refractivity contribution in [1.82, 2.24) is 4.90 Å². The molecule has 0 heterocycles. The fraction of sp³-hybridized carbons (Fsp3) is 0.263. The molecule has 1 amide bonds. The molecule has 31 heavy (non-hydrogen) atoms. The second-order valence-electron chi connectivity index (χ2n) is 6.29. The molecule has 0 aliphatic rings. The molecular weight excluding hydrogens is 464 g/mol. The van der Waals surface area contributed by atoms with Crippen LogP contribution in [0.3, 0.4) is 0 Å². The third-order valence-corrected chi connectivity index (χ3v) is 4.90. The van der Waals surface area contributed by atoms with Crippen molar-refractivity contribution in [3.8, 4) is 0 Å². The van der Waals surface area contributed by atoms with Gasteiger partial charge in [-0.1, -0.05) is 41.4 Å². The van der Waals surface area contributed by atoms with Gasteiger partial charge in [0.2, 0.25) is 0 Å². The Labute approximate surface area is 184 Å². The van der Waals surface area contributed by atoms with Gasteiger partial charge in [0.1, 0.15) is 6.54 Å². The van der Waals surface area contributed by atoms with E-state index in [1.165, 1.54) is 30.3 Å². The number of nitro groups is 1. The number of nitro benzene ring substituents is 1. The molecule has 0 spiro atoms. The van der Waals surface area contributed by atoms with E-state index >= 15 is 0 Å². The predicted molar refractivity (Wildman–Crippen MR) is 106 cm³/mol. The number of ether oxygens (including phenoxy) is 1. The van der Waals surface area contributed by atoms with Gasteiger partial charge < -0.3 is 9.64 Å². The monoisotopic (exact) mass is 478 g/mol. The van der Waals surface area contributed by atoms with E-state index in [1.54, 1.807) is 6.07 Å². The number of alkyl halides is 3. The maximum Gasteiger partial charge on any atom is 0.471 e. The molecule has 0 N–H and O–H groups in total. The Morgan fingerprint density at radius 3 is 2.35 bits per heavy atom. The quantitative estimate of drug-likeness (QED) is 0.329. The molecule has 0 fully saturated rings. The lowest BCUT2D eigenvalue weighted by atomic mass is 9.89. The van der Waals surface area contributed by atoms with Gasteiger partial charge in [0, 0.05) is 34.1 Å². The van der Waals surface area contributed by atoms with Crippen LogP contribution in [0.2, 0.25) is 10.0 Å². The van der Waals surface area contributed by atoms with Gasteiger partial charge in [0.05, 0.1) is 12.0 Å². The highest BCUT2D eigenvalue weighted by atomic mass is 35.5. The second kappa shape index (κ2) is 9.97. The molecule has 0 saturated carbocycles. The van der Waals surface area contributed by atoms with Gasteiger partial charge in [-0.05, 0) is 23.8 Å². The predicted octanol–water partition coefficient (Wildman–Crippen LogP) is 4.60. The number of hydrogen-bond acceptors (Lipinski definition) is 5. The number of benzene rings is 2. The fourth-order valence-electron chi connectivity index (χ4n) is 2.93. The van der Waals surface area contributed by atoms with Gasteiger partial charge in [-0.3, -0.25) is 19.7 Å². The van der Waals surface area contributed by atoms with Crippen molar-refractivity contribution in [2.75, 3.05) is 20.2 Å². The van der Waals surface area contributed by atoms with E-state index in [4.69, 9.17) is 23.2 Å². The van der Waals surface area contributed by atoms with Crippen molar-refractivity contribution in [1.29, 1.82) is 0 Å². The summed E-state index contributed by atoms with van der Waals surface area (Å²) in [6.07, 6.45) is -5.29. The third-order valence-electron chi connectivity index (χ3n) is 4.32. The Morgan fingerprint density at radius 1 is 1.16 bits per heavy atom. The number of methoxy groups -OCH3 is 1. The molecule has 2 rings (SSSR count). The van der Waals surface area contributed by atoms with Gasteiger partial charge in [-0.15, -0.1) is 0 Å². The first-order valence-electron chi connectivity index (χ1n) is 8.56. The topological polar surface area (TPSA) is 89.8 Å². The number of halogens is 5. The van der Waals surface area contributed by atoms with Crippen LogP contribution >= 0.6 is 23.2 Å². The van der Waals surface area contributed by atoms with E-state index in [0.717, 1.165) is 13.2 Å². The summed E-state index contributed by atoms with van der Waals surface area (Å²) in [5, 5.41) is 11.7. The Hall–Kier alpha value is -2.85. The first kappa shape index (κ1) is 24.4. The number of esters is 1. The van der Waals surface area contributed by atoms with E-state index in [9.17, 15) is 32.9 Å². The van der Waals surface area contributed by atoms with Crippen molar-refractivity contribution >= 4 is 40.8 Å². The Morgan fingerprint density at radius 2 is 1.81 bits per heavy atom. The maximum absolute atomic E-state index is 13.2. The minimum atomic E-state index is -5.29. The van der Waals surface area contributed by atoms with Crippen LogP contribution < -0.4 is 0 Å². The number of amides is 1. The van der Waals surface area contributed by atoms with Crippen molar-refractivity contribution < 1.29 is 32.4 Å². The van der Waals surface area contributed by atoms with Gasteiger partial charge in [-0.2, -0.15) is 13.2 Å². The summed E-state index contributed by atoms with van der Waals surface area (Å²) < 4.78 is 43.9. The van der Waals surface area contributed by atoms with E-state index in [-0.39, 0.29) is 26.1 Å². The fourth-order valence-corrected chi connectivity index (χ4v) is 3.38. The smallest absolute Gasteiger partial charge is 0.468 e. The van der Waals surface area contributed by atoms with Crippen LogP contribution in [-0.4, -0.2) is 48.1 Å². The van der Waals surface area contributed by atoms with E-state index in [1.807, 2.05) is 0 Å².